The fraction of sp³-hybridized carbons (Fsp3) is 0.364. The number of nitrogens with zero attached hydrogens (tertiary/aromatic N) is 2. The van der Waals surface area contributed by atoms with Gasteiger partial charge in [0.1, 0.15) is 12.6 Å². The molecule has 0 heterocycles. The molecule has 0 bridgehead atoms. The number of hydrogen-bond acceptors (Lipinski definition) is 4. The van der Waals surface area contributed by atoms with Gasteiger partial charge >= 0.3 is 0 Å². The van der Waals surface area contributed by atoms with Crippen molar-refractivity contribution in [1.29, 1.82) is 0 Å². The highest BCUT2D eigenvalue weighted by Gasteiger charge is 2.30. The average molecular weight is 589 g/mol. The van der Waals surface area contributed by atoms with Crippen LogP contribution in [0, 0.1) is 0 Å². The number of rotatable bonds is 9. The van der Waals surface area contributed by atoms with E-state index >= 15 is 0 Å². The normalized spacial score (nSPS) is 12.3. The maximum absolute atomic E-state index is 13.4. The Balaban J connectivity index is 2.40. The number of anilines is 1. The van der Waals surface area contributed by atoms with Gasteiger partial charge < -0.3 is 10.2 Å². The molecule has 0 aliphatic rings. The highest BCUT2D eigenvalue weighted by Crippen LogP contribution is 2.28. The second kappa shape index (κ2) is 11.3. The molecule has 1 atom stereocenters. The largest absolute Gasteiger partial charge is 0.352 e. The molecule has 10 heteroatoms. The zero-order valence-electron chi connectivity index (χ0n) is 18.4. The van der Waals surface area contributed by atoms with E-state index in [0.29, 0.717) is 10.2 Å². The predicted octanol–water partition coefficient (Wildman–Crippen LogP) is 3.92. The van der Waals surface area contributed by atoms with Crippen LogP contribution < -0.4 is 9.62 Å². The molecule has 0 saturated carbocycles. The Hall–Kier alpha value is -1.91. The van der Waals surface area contributed by atoms with Gasteiger partial charge in [-0.2, -0.15) is 0 Å². The van der Waals surface area contributed by atoms with Gasteiger partial charge in [0, 0.05) is 21.5 Å². The van der Waals surface area contributed by atoms with Crippen molar-refractivity contribution in [1.82, 2.24) is 10.2 Å². The van der Waals surface area contributed by atoms with E-state index < -0.39 is 28.5 Å². The summed E-state index contributed by atoms with van der Waals surface area (Å²) in [4.78, 5) is 27.5. The second-order valence-corrected chi connectivity index (χ2v) is 11.4. The first kappa shape index (κ1) is 26.3. The van der Waals surface area contributed by atoms with Gasteiger partial charge in [-0.3, -0.25) is 13.9 Å². The first-order valence-electron chi connectivity index (χ1n) is 9.96. The minimum Gasteiger partial charge on any atom is -0.352 e. The van der Waals surface area contributed by atoms with E-state index in [0.717, 1.165) is 20.6 Å². The summed E-state index contributed by atoms with van der Waals surface area (Å²) in [6, 6.07) is 13.3. The standard InChI is InChI=1S/C22H27Br2N3O4S/c1-15(2)25-22(29)16(3)26(13-17-8-7-9-18(23)12-17)21(28)14-27(32(4,30)31)20-11-6-5-10-19(20)24/h5-12,15-16H,13-14H2,1-4H3,(H,25,29)/t16-/m0/s1. The summed E-state index contributed by atoms with van der Waals surface area (Å²) in [5.41, 5.74) is 1.16. The van der Waals surface area contributed by atoms with Crippen LogP contribution in [0.15, 0.2) is 57.5 Å². The lowest BCUT2D eigenvalue weighted by Gasteiger charge is -2.32. The Bertz CT molecular complexity index is 1080. The fourth-order valence-electron chi connectivity index (χ4n) is 3.07. The van der Waals surface area contributed by atoms with Crippen LogP contribution in [0.2, 0.25) is 0 Å². The number of para-hydroxylation sites is 1. The Morgan fingerprint density at radius 3 is 2.25 bits per heavy atom. The highest BCUT2D eigenvalue weighted by molar-refractivity contribution is 9.10. The van der Waals surface area contributed by atoms with Crippen molar-refractivity contribution in [3.8, 4) is 0 Å². The summed E-state index contributed by atoms with van der Waals surface area (Å²) < 4.78 is 27.5. The minimum absolute atomic E-state index is 0.0967. The van der Waals surface area contributed by atoms with Crippen molar-refractivity contribution < 1.29 is 18.0 Å². The van der Waals surface area contributed by atoms with Crippen LogP contribution in [0.3, 0.4) is 0 Å². The van der Waals surface area contributed by atoms with Crippen molar-refractivity contribution in [2.24, 2.45) is 0 Å². The molecule has 0 unspecified atom stereocenters. The molecule has 1 N–H and O–H groups in total. The first-order valence-corrected chi connectivity index (χ1v) is 13.4. The van der Waals surface area contributed by atoms with E-state index in [2.05, 4.69) is 37.2 Å². The summed E-state index contributed by atoms with van der Waals surface area (Å²) in [6.45, 7) is 5.02. The molecule has 174 valence electrons. The quantitative estimate of drug-likeness (QED) is 0.481. The number of benzene rings is 2. The molecular weight excluding hydrogens is 562 g/mol. The lowest BCUT2D eigenvalue weighted by atomic mass is 10.1. The van der Waals surface area contributed by atoms with Gasteiger partial charge in [-0.15, -0.1) is 0 Å². The zero-order chi connectivity index (χ0) is 24.1. The molecule has 0 saturated heterocycles. The molecule has 32 heavy (non-hydrogen) atoms. The number of sulfonamides is 1. The molecule has 0 fully saturated rings. The van der Waals surface area contributed by atoms with Gasteiger partial charge in [-0.05, 0) is 66.5 Å². The fourth-order valence-corrected chi connectivity index (χ4v) is 4.99. The lowest BCUT2D eigenvalue weighted by molar-refractivity contribution is -0.139. The van der Waals surface area contributed by atoms with E-state index in [1.54, 1.807) is 31.2 Å². The molecule has 0 aliphatic heterocycles. The van der Waals surface area contributed by atoms with Crippen LogP contribution in [0.1, 0.15) is 26.3 Å². The number of amides is 2. The summed E-state index contributed by atoms with van der Waals surface area (Å²) in [5.74, 6) is -0.798. The minimum atomic E-state index is -3.77. The smallest absolute Gasteiger partial charge is 0.244 e. The van der Waals surface area contributed by atoms with Gasteiger partial charge in [0.25, 0.3) is 0 Å². The molecular formula is C22H27Br2N3O4S. The van der Waals surface area contributed by atoms with E-state index in [-0.39, 0.29) is 18.5 Å². The van der Waals surface area contributed by atoms with E-state index in [4.69, 9.17) is 0 Å². The maximum Gasteiger partial charge on any atom is 0.244 e. The van der Waals surface area contributed by atoms with Crippen LogP contribution >= 0.6 is 31.9 Å². The van der Waals surface area contributed by atoms with Crippen LogP contribution in [0.4, 0.5) is 5.69 Å². The molecule has 2 amide bonds. The number of carbonyl (C=O) groups is 2. The van der Waals surface area contributed by atoms with Gasteiger partial charge in [0.15, 0.2) is 0 Å². The van der Waals surface area contributed by atoms with Gasteiger partial charge in [-0.25, -0.2) is 8.42 Å². The predicted molar refractivity (Wildman–Crippen MR) is 134 cm³/mol. The summed E-state index contributed by atoms with van der Waals surface area (Å²) in [7, 11) is -3.77. The van der Waals surface area contributed by atoms with Crippen molar-refractivity contribution in [2.75, 3.05) is 17.1 Å². The second-order valence-electron chi connectivity index (χ2n) is 7.71. The molecule has 2 aromatic carbocycles. The topological polar surface area (TPSA) is 86.8 Å². The first-order chi connectivity index (χ1) is 14.9. The Morgan fingerprint density at radius 1 is 1.03 bits per heavy atom. The van der Waals surface area contributed by atoms with E-state index in [1.165, 1.54) is 4.90 Å². The van der Waals surface area contributed by atoms with Crippen LogP contribution in [-0.2, 0) is 26.2 Å². The molecule has 7 nitrogen and oxygen atoms in total. The number of carbonyl (C=O) groups excluding carboxylic acids is 2. The maximum atomic E-state index is 13.4. The van der Waals surface area contributed by atoms with Crippen molar-refractivity contribution in [3.63, 3.8) is 0 Å². The molecule has 0 aromatic heterocycles. The van der Waals surface area contributed by atoms with Crippen molar-refractivity contribution in [2.45, 2.75) is 39.4 Å². The van der Waals surface area contributed by atoms with Crippen LogP contribution in [0.5, 0.6) is 0 Å². The average Bonchev–Trinajstić information content (AvgIpc) is 2.69. The molecule has 0 aliphatic carbocycles. The Kier molecular flexibility index (Phi) is 9.29. The Labute approximate surface area is 206 Å². The van der Waals surface area contributed by atoms with Gasteiger partial charge in [-0.1, -0.05) is 40.2 Å². The molecule has 0 radical (unpaired) electrons. The van der Waals surface area contributed by atoms with E-state index in [1.807, 2.05) is 38.1 Å². The number of nitrogens with one attached hydrogen (secondary N) is 1. The SMILES string of the molecule is CC(C)NC(=O)[C@H](C)N(Cc1cccc(Br)c1)C(=O)CN(c1ccccc1Br)S(C)(=O)=O. The lowest BCUT2D eigenvalue weighted by Crippen LogP contribution is -2.52. The van der Waals surface area contributed by atoms with Crippen LogP contribution in [-0.4, -0.2) is 50.0 Å². The van der Waals surface area contributed by atoms with Crippen molar-refractivity contribution in [3.05, 3.63) is 63.0 Å². The third kappa shape index (κ3) is 7.31. The van der Waals surface area contributed by atoms with Crippen molar-refractivity contribution >= 4 is 59.4 Å². The molecule has 2 rings (SSSR count). The third-order valence-corrected chi connectivity index (χ3v) is 6.93. The molecule has 2 aromatic rings. The molecule has 0 spiro atoms. The summed E-state index contributed by atoms with van der Waals surface area (Å²) >= 11 is 6.77. The number of hydrogen-bond donors (Lipinski definition) is 1. The van der Waals surface area contributed by atoms with Crippen LogP contribution in [0.25, 0.3) is 0 Å². The number of halogens is 2. The third-order valence-electron chi connectivity index (χ3n) is 4.64. The Morgan fingerprint density at radius 2 is 1.69 bits per heavy atom. The highest BCUT2D eigenvalue weighted by atomic mass is 79.9. The van der Waals surface area contributed by atoms with Gasteiger partial charge in [0.2, 0.25) is 21.8 Å². The zero-order valence-corrected chi connectivity index (χ0v) is 22.4. The van der Waals surface area contributed by atoms with Gasteiger partial charge in [0.05, 0.1) is 11.9 Å². The summed E-state index contributed by atoms with van der Waals surface area (Å²) in [6.07, 6.45) is 1.05. The van der Waals surface area contributed by atoms with E-state index in [9.17, 15) is 18.0 Å². The summed E-state index contributed by atoms with van der Waals surface area (Å²) in [5, 5.41) is 2.82. The monoisotopic (exact) mass is 587 g/mol.